The van der Waals surface area contributed by atoms with Crippen molar-refractivity contribution in [3.8, 4) is 16.9 Å². The zero-order chi connectivity index (χ0) is 24.0. The van der Waals surface area contributed by atoms with Gasteiger partial charge in [-0.25, -0.2) is 0 Å². The van der Waals surface area contributed by atoms with Crippen molar-refractivity contribution >= 4 is 28.0 Å². The number of H-pyrrole nitrogens is 1. The molecule has 5 N–H and O–H groups in total. The molecule has 2 aromatic heterocycles. The smallest absolute Gasteiger partial charge is 0.119 e. The lowest BCUT2D eigenvalue weighted by Gasteiger charge is -2.17. The highest BCUT2D eigenvalue weighted by molar-refractivity contribution is 5.93. The van der Waals surface area contributed by atoms with Crippen LogP contribution in [0.5, 0.6) is 5.75 Å². The summed E-state index contributed by atoms with van der Waals surface area (Å²) in [5, 5.41) is 8.13. The van der Waals surface area contributed by atoms with Crippen LogP contribution in [0, 0.1) is 6.92 Å². The fraction of sp³-hybridized carbons (Fsp3) is 0.138. The van der Waals surface area contributed by atoms with E-state index in [4.69, 9.17) is 10.5 Å². The zero-order valence-corrected chi connectivity index (χ0v) is 19.7. The fourth-order valence-electron chi connectivity index (χ4n) is 4.19. The van der Waals surface area contributed by atoms with Gasteiger partial charge < -0.3 is 26.1 Å². The van der Waals surface area contributed by atoms with Crippen molar-refractivity contribution in [3.05, 3.63) is 103 Å². The molecule has 0 amide bonds. The highest BCUT2D eigenvalue weighted by atomic mass is 16.5. The molecular weight excluding hydrogens is 434 g/mol. The number of nitrogens with two attached hydrogens (primary N) is 1. The molecular formula is C29H29N5O. The molecule has 0 aliphatic heterocycles. The van der Waals surface area contributed by atoms with Crippen molar-refractivity contribution in [2.45, 2.75) is 13.5 Å². The minimum Gasteiger partial charge on any atom is -0.492 e. The quantitative estimate of drug-likeness (QED) is 0.200. The molecule has 0 spiro atoms. The predicted molar refractivity (Wildman–Crippen MR) is 144 cm³/mol. The number of nitrogen functional groups attached to an aromatic ring is 1. The maximum absolute atomic E-state index is 6.35. The van der Waals surface area contributed by atoms with Gasteiger partial charge in [0.05, 0.1) is 17.6 Å². The minimum atomic E-state index is 0.597. The summed E-state index contributed by atoms with van der Waals surface area (Å²) in [5.74, 6) is 0.829. The number of fused-ring (bicyclic) bond motifs is 1. The second kappa shape index (κ2) is 10.3. The Bertz CT molecular complexity index is 1410. The molecule has 0 saturated carbocycles. The van der Waals surface area contributed by atoms with E-state index in [0.29, 0.717) is 12.3 Å². The number of aromatic nitrogens is 2. The van der Waals surface area contributed by atoms with Gasteiger partial charge in [-0.3, -0.25) is 4.98 Å². The number of anilines is 3. The zero-order valence-electron chi connectivity index (χ0n) is 19.7. The van der Waals surface area contributed by atoms with E-state index in [2.05, 4.69) is 57.9 Å². The van der Waals surface area contributed by atoms with E-state index in [-0.39, 0.29) is 0 Å². The molecule has 0 unspecified atom stereocenters. The van der Waals surface area contributed by atoms with E-state index < -0.39 is 0 Å². The van der Waals surface area contributed by atoms with Crippen LogP contribution in [0.3, 0.4) is 0 Å². The Morgan fingerprint density at radius 2 is 1.77 bits per heavy atom. The van der Waals surface area contributed by atoms with Crippen LogP contribution in [0.4, 0.5) is 17.1 Å². The Balaban J connectivity index is 1.26. The molecule has 0 atom stereocenters. The molecule has 0 saturated heterocycles. The van der Waals surface area contributed by atoms with E-state index in [1.807, 2.05) is 54.9 Å². The molecule has 176 valence electrons. The van der Waals surface area contributed by atoms with Gasteiger partial charge in [0.15, 0.2) is 0 Å². The first-order chi connectivity index (χ1) is 17.2. The van der Waals surface area contributed by atoms with Crippen LogP contribution in [-0.4, -0.2) is 23.1 Å². The van der Waals surface area contributed by atoms with Gasteiger partial charge in [-0.1, -0.05) is 42.5 Å². The monoisotopic (exact) mass is 463 g/mol. The van der Waals surface area contributed by atoms with Crippen molar-refractivity contribution < 1.29 is 4.74 Å². The third-order valence-electron chi connectivity index (χ3n) is 6.12. The third-order valence-corrected chi connectivity index (χ3v) is 6.12. The number of hydrogen-bond acceptors (Lipinski definition) is 5. The standard InChI is InChI=1S/C29H29N5O/c1-20-24-13-14-33-28(24)12-11-27(20)34-29-25(18-32-19-26(29)30)22-7-9-23(10-8-22)35-16-15-31-17-21-5-3-2-4-6-21/h2-14,18-19,31,33H,15-17,30H2,1H3,(H,32,34). The van der Waals surface area contributed by atoms with Crippen molar-refractivity contribution in [1.29, 1.82) is 0 Å². The minimum absolute atomic E-state index is 0.597. The van der Waals surface area contributed by atoms with Crippen LogP contribution in [-0.2, 0) is 6.54 Å². The molecule has 6 nitrogen and oxygen atoms in total. The maximum atomic E-state index is 6.35. The average Bonchev–Trinajstić information content (AvgIpc) is 3.37. The van der Waals surface area contributed by atoms with Gasteiger partial charge in [0.25, 0.3) is 0 Å². The molecule has 0 radical (unpaired) electrons. The second-order valence-corrected chi connectivity index (χ2v) is 8.49. The van der Waals surface area contributed by atoms with E-state index in [0.717, 1.165) is 52.4 Å². The van der Waals surface area contributed by atoms with Gasteiger partial charge in [0.2, 0.25) is 0 Å². The second-order valence-electron chi connectivity index (χ2n) is 8.49. The normalized spacial score (nSPS) is 11.0. The summed E-state index contributed by atoms with van der Waals surface area (Å²) in [5.41, 5.74) is 14.3. The molecule has 5 aromatic rings. The lowest BCUT2D eigenvalue weighted by atomic mass is 10.0. The summed E-state index contributed by atoms with van der Waals surface area (Å²) in [7, 11) is 0. The highest BCUT2D eigenvalue weighted by Gasteiger charge is 2.12. The van der Waals surface area contributed by atoms with Crippen LogP contribution in [0.1, 0.15) is 11.1 Å². The molecule has 0 aliphatic rings. The molecule has 0 bridgehead atoms. The van der Waals surface area contributed by atoms with E-state index >= 15 is 0 Å². The van der Waals surface area contributed by atoms with E-state index in [1.54, 1.807) is 6.20 Å². The number of nitrogens with zero attached hydrogens (tertiary/aromatic N) is 1. The van der Waals surface area contributed by atoms with Crippen molar-refractivity contribution in [3.63, 3.8) is 0 Å². The first-order valence-electron chi connectivity index (χ1n) is 11.7. The number of nitrogens with one attached hydrogen (secondary N) is 3. The van der Waals surface area contributed by atoms with Gasteiger partial charge in [-0.15, -0.1) is 0 Å². The maximum Gasteiger partial charge on any atom is 0.119 e. The van der Waals surface area contributed by atoms with Crippen LogP contribution in [0.2, 0.25) is 0 Å². The molecule has 0 aliphatic carbocycles. The Morgan fingerprint density at radius 3 is 2.60 bits per heavy atom. The Morgan fingerprint density at radius 1 is 0.943 bits per heavy atom. The fourth-order valence-corrected chi connectivity index (χ4v) is 4.19. The number of pyridine rings is 1. The Labute approximate surface area is 205 Å². The number of rotatable bonds is 9. The van der Waals surface area contributed by atoms with Gasteiger partial charge in [-0.2, -0.15) is 0 Å². The molecule has 3 aromatic carbocycles. The summed E-state index contributed by atoms with van der Waals surface area (Å²) in [4.78, 5) is 7.59. The van der Waals surface area contributed by atoms with Crippen LogP contribution in [0.15, 0.2) is 91.4 Å². The van der Waals surface area contributed by atoms with Gasteiger partial charge >= 0.3 is 0 Å². The first kappa shape index (κ1) is 22.5. The van der Waals surface area contributed by atoms with Crippen LogP contribution < -0.4 is 21.1 Å². The summed E-state index contributed by atoms with van der Waals surface area (Å²) in [6, 6.07) is 24.6. The van der Waals surface area contributed by atoms with Crippen LogP contribution in [0.25, 0.3) is 22.0 Å². The number of ether oxygens (including phenoxy) is 1. The Hall–Kier alpha value is -4.29. The average molecular weight is 464 g/mol. The number of benzene rings is 3. The molecule has 6 heteroatoms. The third kappa shape index (κ3) is 5.13. The van der Waals surface area contributed by atoms with E-state index in [9.17, 15) is 0 Å². The van der Waals surface area contributed by atoms with Crippen molar-refractivity contribution in [2.75, 3.05) is 24.2 Å². The number of hydrogen-bond donors (Lipinski definition) is 4. The van der Waals surface area contributed by atoms with Gasteiger partial charge in [-0.05, 0) is 53.9 Å². The summed E-state index contributed by atoms with van der Waals surface area (Å²) >= 11 is 0. The Kier molecular flexibility index (Phi) is 6.63. The highest BCUT2D eigenvalue weighted by Crippen LogP contribution is 2.36. The van der Waals surface area contributed by atoms with Crippen LogP contribution >= 0.6 is 0 Å². The summed E-state index contributed by atoms with van der Waals surface area (Å²) in [6.07, 6.45) is 5.47. The SMILES string of the molecule is Cc1c(Nc2c(N)cncc2-c2ccc(OCCNCc3ccccc3)cc2)ccc2[nH]ccc12. The predicted octanol–water partition coefficient (Wildman–Crippen LogP) is 6.03. The number of aryl methyl sites for hydroxylation is 1. The van der Waals surface area contributed by atoms with Gasteiger partial charge in [0, 0.05) is 47.6 Å². The molecule has 35 heavy (non-hydrogen) atoms. The molecule has 0 fully saturated rings. The van der Waals surface area contributed by atoms with Gasteiger partial charge in [0.1, 0.15) is 12.4 Å². The van der Waals surface area contributed by atoms with E-state index in [1.165, 1.54) is 10.9 Å². The van der Waals surface area contributed by atoms with Crippen molar-refractivity contribution in [2.24, 2.45) is 0 Å². The molecule has 5 rings (SSSR count). The summed E-state index contributed by atoms with van der Waals surface area (Å²) in [6.45, 7) is 4.31. The number of aromatic amines is 1. The lowest BCUT2D eigenvalue weighted by Crippen LogP contribution is -2.20. The summed E-state index contributed by atoms with van der Waals surface area (Å²) < 4.78 is 5.91. The topological polar surface area (TPSA) is 88.0 Å². The van der Waals surface area contributed by atoms with Crippen molar-refractivity contribution in [1.82, 2.24) is 15.3 Å². The molecule has 2 heterocycles. The largest absolute Gasteiger partial charge is 0.492 e. The lowest BCUT2D eigenvalue weighted by molar-refractivity contribution is 0.313. The first-order valence-corrected chi connectivity index (χ1v) is 11.7.